The SMILES string of the molecule is CNC(CCN1CCN(C)CC1)c1cccc(Cl)c1Cl. The largest absolute Gasteiger partial charge is 0.313 e. The molecule has 0 aliphatic carbocycles. The van der Waals surface area contributed by atoms with Crippen LogP contribution in [0.2, 0.25) is 10.0 Å². The molecule has 3 nitrogen and oxygen atoms in total. The molecule has 1 aliphatic rings. The van der Waals surface area contributed by atoms with Gasteiger partial charge >= 0.3 is 0 Å². The summed E-state index contributed by atoms with van der Waals surface area (Å²) in [6, 6.07) is 6.10. The number of piperazine rings is 1. The molecule has 1 aromatic carbocycles. The van der Waals surface area contributed by atoms with Crippen LogP contribution in [0.5, 0.6) is 0 Å². The lowest BCUT2D eigenvalue weighted by atomic mass is 10.0. The van der Waals surface area contributed by atoms with Crippen molar-refractivity contribution in [3.05, 3.63) is 33.8 Å². The average molecular weight is 316 g/mol. The number of rotatable bonds is 5. The first kappa shape index (κ1) is 16.1. The molecule has 1 heterocycles. The van der Waals surface area contributed by atoms with Gasteiger partial charge in [0.15, 0.2) is 0 Å². The predicted molar refractivity (Wildman–Crippen MR) is 86.8 cm³/mol. The summed E-state index contributed by atoms with van der Waals surface area (Å²) in [7, 11) is 4.16. The van der Waals surface area contributed by atoms with Gasteiger partial charge in [0, 0.05) is 38.8 Å². The molecule has 1 fully saturated rings. The summed E-state index contributed by atoms with van der Waals surface area (Å²) in [5.41, 5.74) is 1.09. The van der Waals surface area contributed by atoms with Gasteiger partial charge in [0.1, 0.15) is 0 Å². The van der Waals surface area contributed by atoms with Crippen LogP contribution in [0.15, 0.2) is 18.2 Å². The van der Waals surface area contributed by atoms with Crippen molar-refractivity contribution in [2.75, 3.05) is 46.8 Å². The molecule has 1 aromatic rings. The zero-order chi connectivity index (χ0) is 14.5. The third-order valence-electron chi connectivity index (χ3n) is 4.04. The lowest BCUT2D eigenvalue weighted by Crippen LogP contribution is -2.45. The maximum Gasteiger partial charge on any atom is 0.0640 e. The zero-order valence-corrected chi connectivity index (χ0v) is 13.7. The van der Waals surface area contributed by atoms with Gasteiger partial charge in [-0.1, -0.05) is 35.3 Å². The normalized spacial score (nSPS) is 19.2. The monoisotopic (exact) mass is 315 g/mol. The molecule has 5 heteroatoms. The molecule has 0 amide bonds. The Hall–Kier alpha value is -0.320. The number of hydrogen-bond donors (Lipinski definition) is 1. The summed E-state index contributed by atoms with van der Waals surface area (Å²) in [6.07, 6.45) is 1.04. The van der Waals surface area contributed by atoms with E-state index in [1.807, 2.05) is 19.2 Å². The minimum Gasteiger partial charge on any atom is -0.313 e. The first-order valence-corrected chi connectivity index (χ1v) is 7.89. The maximum absolute atomic E-state index is 6.32. The van der Waals surface area contributed by atoms with E-state index in [4.69, 9.17) is 23.2 Å². The standard InChI is InChI=1S/C15H23Cl2N3/c1-18-14(12-4-3-5-13(16)15(12)17)6-7-20-10-8-19(2)9-11-20/h3-5,14,18H,6-11H2,1-2H3. The quantitative estimate of drug-likeness (QED) is 0.901. The summed E-state index contributed by atoms with van der Waals surface area (Å²) >= 11 is 12.4. The van der Waals surface area contributed by atoms with Gasteiger partial charge in [-0.3, -0.25) is 0 Å². The molecular formula is C15H23Cl2N3. The number of nitrogens with one attached hydrogen (secondary N) is 1. The van der Waals surface area contributed by atoms with Gasteiger partial charge in [-0.25, -0.2) is 0 Å². The Morgan fingerprint density at radius 2 is 1.90 bits per heavy atom. The van der Waals surface area contributed by atoms with Crippen molar-refractivity contribution in [1.29, 1.82) is 0 Å². The van der Waals surface area contributed by atoms with E-state index in [0.29, 0.717) is 10.0 Å². The second kappa shape index (κ2) is 7.62. The lowest BCUT2D eigenvalue weighted by molar-refractivity contribution is 0.149. The maximum atomic E-state index is 6.32. The molecule has 0 radical (unpaired) electrons. The minimum atomic E-state index is 0.251. The van der Waals surface area contributed by atoms with E-state index in [9.17, 15) is 0 Å². The van der Waals surface area contributed by atoms with Gasteiger partial charge in [-0.15, -0.1) is 0 Å². The predicted octanol–water partition coefficient (Wildman–Crippen LogP) is 2.89. The number of likely N-dealkylation sites (N-methyl/N-ethyl adjacent to an activating group) is 1. The third-order valence-corrected chi connectivity index (χ3v) is 4.87. The molecule has 1 atom stereocenters. The molecule has 1 saturated heterocycles. The Labute approximate surface area is 131 Å². The van der Waals surface area contributed by atoms with E-state index in [0.717, 1.165) is 44.7 Å². The fourth-order valence-electron chi connectivity index (χ4n) is 2.63. The number of benzene rings is 1. The van der Waals surface area contributed by atoms with Crippen molar-refractivity contribution in [3.8, 4) is 0 Å². The third kappa shape index (κ3) is 4.09. The highest BCUT2D eigenvalue weighted by Gasteiger charge is 2.18. The molecular weight excluding hydrogens is 293 g/mol. The van der Waals surface area contributed by atoms with Gasteiger partial charge in [0.05, 0.1) is 10.0 Å². The van der Waals surface area contributed by atoms with E-state index >= 15 is 0 Å². The van der Waals surface area contributed by atoms with Gasteiger partial charge in [-0.2, -0.15) is 0 Å². The van der Waals surface area contributed by atoms with Crippen molar-refractivity contribution in [2.24, 2.45) is 0 Å². The Morgan fingerprint density at radius 1 is 1.20 bits per heavy atom. The Kier molecular flexibility index (Phi) is 6.12. The molecule has 20 heavy (non-hydrogen) atoms. The summed E-state index contributed by atoms with van der Waals surface area (Å²) < 4.78 is 0. The fourth-order valence-corrected chi connectivity index (χ4v) is 3.07. The molecule has 2 rings (SSSR count). The molecule has 0 spiro atoms. The minimum absolute atomic E-state index is 0.251. The highest BCUT2D eigenvalue weighted by atomic mass is 35.5. The average Bonchev–Trinajstić information content (AvgIpc) is 2.45. The lowest BCUT2D eigenvalue weighted by Gasteiger charge is -2.33. The smallest absolute Gasteiger partial charge is 0.0640 e. The molecule has 0 aromatic heterocycles. The van der Waals surface area contributed by atoms with Crippen LogP contribution in [0, 0.1) is 0 Å². The topological polar surface area (TPSA) is 18.5 Å². The van der Waals surface area contributed by atoms with E-state index in [2.05, 4.69) is 28.2 Å². The molecule has 1 unspecified atom stereocenters. The van der Waals surface area contributed by atoms with Gasteiger partial charge in [0.2, 0.25) is 0 Å². The van der Waals surface area contributed by atoms with Gasteiger partial charge in [-0.05, 0) is 32.1 Å². The molecule has 0 saturated carbocycles. The van der Waals surface area contributed by atoms with Crippen LogP contribution in [0.3, 0.4) is 0 Å². The molecule has 1 aliphatic heterocycles. The van der Waals surface area contributed by atoms with Crippen molar-refractivity contribution >= 4 is 23.2 Å². The molecule has 1 N–H and O–H groups in total. The zero-order valence-electron chi connectivity index (χ0n) is 12.2. The van der Waals surface area contributed by atoms with Crippen molar-refractivity contribution in [1.82, 2.24) is 15.1 Å². The van der Waals surface area contributed by atoms with E-state index < -0.39 is 0 Å². The Bertz CT molecular complexity index is 431. The second-order valence-electron chi connectivity index (χ2n) is 5.42. The highest BCUT2D eigenvalue weighted by Crippen LogP contribution is 2.31. The van der Waals surface area contributed by atoms with Crippen LogP contribution in [-0.2, 0) is 0 Å². The van der Waals surface area contributed by atoms with E-state index in [1.165, 1.54) is 0 Å². The molecule has 112 valence electrons. The van der Waals surface area contributed by atoms with Gasteiger partial charge < -0.3 is 15.1 Å². The summed E-state index contributed by atoms with van der Waals surface area (Å²) in [5.74, 6) is 0. The van der Waals surface area contributed by atoms with Crippen LogP contribution in [0.1, 0.15) is 18.0 Å². The Balaban J connectivity index is 1.94. The summed E-state index contributed by atoms with van der Waals surface area (Å²) in [5, 5.41) is 4.66. The highest BCUT2D eigenvalue weighted by molar-refractivity contribution is 6.42. The summed E-state index contributed by atoms with van der Waals surface area (Å²) in [4.78, 5) is 4.89. The number of nitrogens with zero attached hydrogens (tertiary/aromatic N) is 2. The van der Waals surface area contributed by atoms with Crippen LogP contribution in [0.4, 0.5) is 0 Å². The van der Waals surface area contributed by atoms with Crippen LogP contribution in [-0.4, -0.2) is 56.6 Å². The van der Waals surface area contributed by atoms with E-state index in [-0.39, 0.29) is 6.04 Å². The Morgan fingerprint density at radius 3 is 2.55 bits per heavy atom. The fraction of sp³-hybridized carbons (Fsp3) is 0.600. The number of hydrogen-bond acceptors (Lipinski definition) is 3. The second-order valence-corrected chi connectivity index (χ2v) is 6.20. The van der Waals surface area contributed by atoms with E-state index in [1.54, 1.807) is 0 Å². The first-order chi connectivity index (χ1) is 9.61. The van der Waals surface area contributed by atoms with Crippen molar-refractivity contribution in [2.45, 2.75) is 12.5 Å². The first-order valence-electron chi connectivity index (χ1n) is 7.14. The number of halogens is 2. The van der Waals surface area contributed by atoms with Crippen LogP contribution in [0.25, 0.3) is 0 Å². The molecule has 0 bridgehead atoms. The van der Waals surface area contributed by atoms with Crippen molar-refractivity contribution in [3.63, 3.8) is 0 Å². The van der Waals surface area contributed by atoms with Crippen LogP contribution < -0.4 is 5.32 Å². The van der Waals surface area contributed by atoms with Crippen molar-refractivity contribution < 1.29 is 0 Å². The van der Waals surface area contributed by atoms with Gasteiger partial charge in [0.25, 0.3) is 0 Å². The summed E-state index contributed by atoms with van der Waals surface area (Å²) in [6.45, 7) is 5.69. The van der Waals surface area contributed by atoms with Crippen LogP contribution >= 0.6 is 23.2 Å².